The van der Waals surface area contributed by atoms with E-state index in [1.165, 1.54) is 0 Å². The lowest BCUT2D eigenvalue weighted by atomic mass is 10.3. The van der Waals surface area contributed by atoms with Gasteiger partial charge in [-0.2, -0.15) is 0 Å². The van der Waals surface area contributed by atoms with Gasteiger partial charge in [0.2, 0.25) is 0 Å². The van der Waals surface area contributed by atoms with Crippen LogP contribution < -0.4 is 12.3 Å². The summed E-state index contributed by atoms with van der Waals surface area (Å²) in [4.78, 5) is 64.6. The number of hydrogen-bond donors (Lipinski definition) is 4. The molecule has 0 bridgehead atoms. The molecule has 0 saturated heterocycles. The molecule has 0 aliphatic heterocycles. The maximum Gasteiger partial charge on any atom is 0.314 e. The zero-order chi connectivity index (χ0) is 17.1. The van der Waals surface area contributed by atoms with Gasteiger partial charge in [-0.3, -0.25) is 28.8 Å². The van der Waals surface area contributed by atoms with Gasteiger partial charge in [0, 0.05) is 0 Å². The number of carbonyl (C=O) groups excluding carboxylic acids is 4. The standard InChI is InChI=1S/C12H14O10.2H3N/c13-7(14)1-3-9(17)21-11(19)5-6-12(20)22-10(18)4-2-8(15)16;;/h1-6H2,(H,13,14)(H,15,16);2*1H3. The normalized spacial score (nSPS) is 8.83. The Hall–Kier alpha value is -2.86. The van der Waals surface area contributed by atoms with Crippen LogP contribution in [0.1, 0.15) is 38.5 Å². The van der Waals surface area contributed by atoms with Crippen LogP contribution >= 0.6 is 0 Å². The molecular formula is C12H20N2O10. The predicted molar refractivity (Wildman–Crippen MR) is 75.2 cm³/mol. The van der Waals surface area contributed by atoms with E-state index >= 15 is 0 Å². The highest BCUT2D eigenvalue weighted by atomic mass is 16.6. The molecule has 0 amide bonds. The van der Waals surface area contributed by atoms with E-state index < -0.39 is 74.3 Å². The SMILES string of the molecule is N.N.O=C(O)CCC(=O)OC(=O)CCC(=O)OC(=O)CCC(=O)O. The van der Waals surface area contributed by atoms with Gasteiger partial charge in [0.25, 0.3) is 0 Å². The predicted octanol–water partition coefficient (Wildman–Crippen LogP) is -0.0402. The van der Waals surface area contributed by atoms with E-state index in [0.717, 1.165) is 0 Å². The third-order valence-electron chi connectivity index (χ3n) is 2.07. The number of esters is 4. The Bertz CT molecular complexity index is 444. The summed E-state index contributed by atoms with van der Waals surface area (Å²) < 4.78 is 8.45. The van der Waals surface area contributed by atoms with E-state index in [9.17, 15) is 28.8 Å². The first kappa shape index (κ1) is 26.1. The summed E-state index contributed by atoms with van der Waals surface area (Å²) in [6.45, 7) is 0. The Labute approximate surface area is 136 Å². The minimum Gasteiger partial charge on any atom is -0.481 e. The van der Waals surface area contributed by atoms with E-state index in [0.29, 0.717) is 0 Å². The summed E-state index contributed by atoms with van der Waals surface area (Å²) >= 11 is 0. The fourth-order valence-electron chi connectivity index (χ4n) is 1.08. The molecule has 12 heteroatoms. The van der Waals surface area contributed by atoms with E-state index in [1.54, 1.807) is 0 Å². The van der Waals surface area contributed by atoms with Crippen molar-refractivity contribution in [3.05, 3.63) is 0 Å². The fraction of sp³-hybridized carbons (Fsp3) is 0.500. The summed E-state index contributed by atoms with van der Waals surface area (Å²) in [6.07, 6.45) is -3.04. The Morgan fingerprint density at radius 1 is 0.500 bits per heavy atom. The van der Waals surface area contributed by atoms with Gasteiger partial charge in [0.1, 0.15) is 0 Å². The monoisotopic (exact) mass is 352 g/mol. The summed E-state index contributed by atoms with van der Waals surface area (Å²) in [5.41, 5.74) is 0. The number of carboxylic acids is 2. The minimum absolute atomic E-state index is 0. The Balaban J connectivity index is -0.00000220. The van der Waals surface area contributed by atoms with Gasteiger partial charge in [0.15, 0.2) is 0 Å². The van der Waals surface area contributed by atoms with E-state index in [2.05, 4.69) is 9.47 Å². The Kier molecular flexibility index (Phi) is 15.0. The average molecular weight is 352 g/mol. The number of hydrogen-bond acceptors (Lipinski definition) is 10. The van der Waals surface area contributed by atoms with Crippen LogP contribution in [-0.4, -0.2) is 46.0 Å². The second-order valence-electron chi connectivity index (χ2n) is 3.98. The highest BCUT2D eigenvalue weighted by Crippen LogP contribution is 2.01. The largest absolute Gasteiger partial charge is 0.481 e. The first-order valence-electron chi connectivity index (χ1n) is 6.11. The quantitative estimate of drug-likeness (QED) is 0.316. The van der Waals surface area contributed by atoms with Crippen molar-refractivity contribution in [1.29, 1.82) is 0 Å². The van der Waals surface area contributed by atoms with Crippen LogP contribution in [0.3, 0.4) is 0 Å². The summed E-state index contributed by atoms with van der Waals surface area (Å²) in [6, 6.07) is 0. The molecule has 0 aromatic rings. The molecule has 0 aromatic carbocycles. The van der Waals surface area contributed by atoms with Crippen molar-refractivity contribution in [1.82, 2.24) is 12.3 Å². The second-order valence-corrected chi connectivity index (χ2v) is 3.98. The number of carbonyl (C=O) groups is 6. The molecule has 0 aliphatic rings. The Morgan fingerprint density at radius 2 is 0.708 bits per heavy atom. The van der Waals surface area contributed by atoms with Crippen LogP contribution in [0.2, 0.25) is 0 Å². The van der Waals surface area contributed by atoms with Crippen LogP contribution in [0, 0.1) is 0 Å². The smallest absolute Gasteiger partial charge is 0.314 e. The molecule has 0 radical (unpaired) electrons. The summed E-state index contributed by atoms with van der Waals surface area (Å²) in [5.74, 6) is -6.67. The van der Waals surface area contributed by atoms with Gasteiger partial charge in [0.05, 0.1) is 38.5 Å². The Morgan fingerprint density at radius 3 is 0.917 bits per heavy atom. The molecule has 0 spiro atoms. The van der Waals surface area contributed by atoms with Crippen molar-refractivity contribution >= 4 is 35.8 Å². The first-order valence-corrected chi connectivity index (χ1v) is 6.11. The van der Waals surface area contributed by atoms with Crippen LogP contribution in [-0.2, 0) is 38.2 Å². The van der Waals surface area contributed by atoms with Crippen molar-refractivity contribution in [2.45, 2.75) is 38.5 Å². The van der Waals surface area contributed by atoms with Crippen molar-refractivity contribution < 1.29 is 48.5 Å². The molecule has 0 aromatic heterocycles. The van der Waals surface area contributed by atoms with Crippen molar-refractivity contribution in [2.24, 2.45) is 0 Å². The number of aliphatic carboxylic acids is 2. The molecule has 0 atom stereocenters. The fourth-order valence-corrected chi connectivity index (χ4v) is 1.08. The van der Waals surface area contributed by atoms with Crippen LogP contribution in [0.4, 0.5) is 0 Å². The lowest BCUT2D eigenvalue weighted by molar-refractivity contribution is -0.165. The van der Waals surface area contributed by atoms with Crippen LogP contribution in [0.25, 0.3) is 0 Å². The van der Waals surface area contributed by atoms with E-state index in [-0.39, 0.29) is 12.3 Å². The lowest BCUT2D eigenvalue weighted by Gasteiger charge is -2.03. The number of ether oxygens (including phenoxy) is 2. The van der Waals surface area contributed by atoms with Gasteiger partial charge < -0.3 is 32.0 Å². The number of rotatable bonds is 9. The molecule has 12 nitrogen and oxygen atoms in total. The highest BCUT2D eigenvalue weighted by molar-refractivity contribution is 5.91. The minimum atomic E-state index is -1.23. The molecule has 0 rings (SSSR count). The van der Waals surface area contributed by atoms with E-state index in [1.807, 2.05) is 0 Å². The number of carboxylic acid groups (broad SMARTS) is 2. The van der Waals surface area contributed by atoms with Crippen LogP contribution in [0.5, 0.6) is 0 Å². The molecule has 8 N–H and O–H groups in total. The molecule has 0 saturated carbocycles. The second kappa shape index (κ2) is 13.8. The molecule has 24 heavy (non-hydrogen) atoms. The van der Waals surface area contributed by atoms with Crippen molar-refractivity contribution in [2.75, 3.05) is 0 Å². The van der Waals surface area contributed by atoms with Crippen molar-refractivity contribution in [3.8, 4) is 0 Å². The van der Waals surface area contributed by atoms with Crippen LogP contribution in [0.15, 0.2) is 0 Å². The molecule has 0 unspecified atom stereocenters. The van der Waals surface area contributed by atoms with Gasteiger partial charge in [-0.15, -0.1) is 0 Å². The summed E-state index contributed by atoms with van der Waals surface area (Å²) in [7, 11) is 0. The molecule has 0 aliphatic carbocycles. The molecule has 138 valence electrons. The van der Waals surface area contributed by atoms with E-state index in [4.69, 9.17) is 10.2 Å². The highest BCUT2D eigenvalue weighted by Gasteiger charge is 2.16. The third-order valence-corrected chi connectivity index (χ3v) is 2.07. The third kappa shape index (κ3) is 15.5. The van der Waals surface area contributed by atoms with Gasteiger partial charge in [-0.25, -0.2) is 0 Å². The maximum absolute atomic E-state index is 11.1. The maximum atomic E-state index is 11.1. The molecule has 0 heterocycles. The van der Waals surface area contributed by atoms with Gasteiger partial charge >= 0.3 is 35.8 Å². The average Bonchev–Trinajstić information content (AvgIpc) is 2.40. The summed E-state index contributed by atoms with van der Waals surface area (Å²) in [5, 5.41) is 16.6. The van der Waals surface area contributed by atoms with Gasteiger partial charge in [-0.1, -0.05) is 0 Å². The molecule has 0 fully saturated rings. The zero-order valence-electron chi connectivity index (χ0n) is 12.8. The molecular weight excluding hydrogens is 332 g/mol. The zero-order valence-corrected chi connectivity index (χ0v) is 12.8. The topological polar surface area (TPSA) is 231 Å². The first-order chi connectivity index (χ1) is 10.2. The van der Waals surface area contributed by atoms with Gasteiger partial charge in [-0.05, 0) is 0 Å². The lowest BCUT2D eigenvalue weighted by Crippen LogP contribution is -2.17. The van der Waals surface area contributed by atoms with Crippen molar-refractivity contribution in [3.63, 3.8) is 0 Å².